The Balaban J connectivity index is 1.45. The quantitative estimate of drug-likeness (QED) is 0.498. The van der Waals surface area contributed by atoms with Crippen molar-refractivity contribution in [1.29, 1.82) is 0 Å². The van der Waals surface area contributed by atoms with Gasteiger partial charge in [-0.25, -0.2) is 8.42 Å². The molecule has 0 atom stereocenters. The second-order valence-corrected chi connectivity index (χ2v) is 8.84. The zero-order valence-electron chi connectivity index (χ0n) is 17.7. The predicted molar refractivity (Wildman–Crippen MR) is 119 cm³/mol. The summed E-state index contributed by atoms with van der Waals surface area (Å²) in [6.45, 7) is -2.35. The molecular formula is C23H20F2N2O6S. The van der Waals surface area contributed by atoms with Crippen LogP contribution in [0, 0.1) is 0 Å². The predicted octanol–water partition coefficient (Wildman–Crippen LogP) is 3.79. The molecule has 4 rings (SSSR count). The van der Waals surface area contributed by atoms with Crippen LogP contribution in [0.4, 0.5) is 14.5 Å². The van der Waals surface area contributed by atoms with Crippen LogP contribution in [-0.2, 0) is 16.6 Å². The van der Waals surface area contributed by atoms with Gasteiger partial charge in [0.2, 0.25) is 0 Å². The Labute approximate surface area is 194 Å². The first-order valence-corrected chi connectivity index (χ1v) is 11.6. The summed E-state index contributed by atoms with van der Waals surface area (Å²) in [4.78, 5) is 12.6. The smallest absolute Gasteiger partial charge is 0.387 e. The molecule has 34 heavy (non-hydrogen) atoms. The Hall–Kier alpha value is -3.86. The molecule has 0 aromatic heterocycles. The van der Waals surface area contributed by atoms with Crippen LogP contribution in [0.1, 0.15) is 15.9 Å². The van der Waals surface area contributed by atoms with E-state index in [2.05, 4.69) is 14.8 Å². The molecule has 8 nitrogen and oxygen atoms in total. The first-order valence-electron chi connectivity index (χ1n) is 10.2. The van der Waals surface area contributed by atoms with Gasteiger partial charge < -0.3 is 19.5 Å². The van der Waals surface area contributed by atoms with Crippen molar-refractivity contribution >= 4 is 21.6 Å². The number of para-hydroxylation sites is 1. The number of carbonyl (C=O) groups is 1. The fourth-order valence-electron chi connectivity index (χ4n) is 3.27. The van der Waals surface area contributed by atoms with Crippen molar-refractivity contribution in [2.45, 2.75) is 18.1 Å². The monoisotopic (exact) mass is 490 g/mol. The molecule has 1 aliphatic heterocycles. The molecule has 0 saturated carbocycles. The van der Waals surface area contributed by atoms with Gasteiger partial charge in [0.1, 0.15) is 19.0 Å². The van der Waals surface area contributed by atoms with Crippen molar-refractivity contribution in [3.05, 3.63) is 77.9 Å². The molecule has 0 bridgehead atoms. The summed E-state index contributed by atoms with van der Waals surface area (Å²) in [5, 5.41) is 2.61. The molecular weight excluding hydrogens is 470 g/mol. The van der Waals surface area contributed by atoms with E-state index in [0.717, 1.165) is 0 Å². The molecule has 1 aliphatic rings. The third-order valence-electron chi connectivity index (χ3n) is 4.83. The number of alkyl halides is 2. The lowest BCUT2D eigenvalue weighted by molar-refractivity contribution is -0.0504. The lowest BCUT2D eigenvalue weighted by Gasteiger charge is -2.19. The van der Waals surface area contributed by atoms with Gasteiger partial charge in [-0.05, 0) is 36.4 Å². The summed E-state index contributed by atoms with van der Waals surface area (Å²) in [7, 11) is -3.97. The number of nitrogens with one attached hydrogen (secondary N) is 2. The topological polar surface area (TPSA) is 103 Å². The molecule has 2 N–H and O–H groups in total. The fraction of sp³-hybridized carbons (Fsp3) is 0.174. The molecule has 11 heteroatoms. The Morgan fingerprint density at radius 1 is 0.971 bits per heavy atom. The molecule has 0 spiro atoms. The van der Waals surface area contributed by atoms with E-state index >= 15 is 0 Å². The minimum atomic E-state index is -3.97. The molecule has 0 fully saturated rings. The van der Waals surface area contributed by atoms with Crippen molar-refractivity contribution in [3.63, 3.8) is 0 Å². The summed E-state index contributed by atoms with van der Waals surface area (Å²) in [5.41, 5.74) is 0.713. The Morgan fingerprint density at radius 2 is 1.74 bits per heavy atom. The molecule has 3 aromatic rings. The van der Waals surface area contributed by atoms with Gasteiger partial charge in [0, 0.05) is 29.4 Å². The first-order chi connectivity index (χ1) is 16.3. The molecule has 0 unspecified atom stereocenters. The number of ether oxygens (including phenoxy) is 3. The SMILES string of the molecule is O=C(NCc1ccccc1OC(F)F)c1cccc(NS(=O)(=O)c2ccc3c(c2)OCCO3)c1. The number of fused-ring (bicyclic) bond motifs is 1. The normalized spacial score (nSPS) is 12.8. The van der Waals surface area contributed by atoms with E-state index in [-0.39, 0.29) is 28.4 Å². The van der Waals surface area contributed by atoms with Crippen LogP contribution in [0.15, 0.2) is 71.6 Å². The summed E-state index contributed by atoms with van der Waals surface area (Å²) >= 11 is 0. The lowest BCUT2D eigenvalue weighted by Crippen LogP contribution is -2.23. The highest BCUT2D eigenvalue weighted by Gasteiger charge is 2.20. The van der Waals surface area contributed by atoms with E-state index in [9.17, 15) is 22.0 Å². The second kappa shape index (κ2) is 9.96. The number of amides is 1. The number of hydrogen-bond acceptors (Lipinski definition) is 6. The van der Waals surface area contributed by atoms with Crippen molar-refractivity contribution in [2.24, 2.45) is 0 Å². The lowest BCUT2D eigenvalue weighted by atomic mass is 10.1. The second-order valence-electron chi connectivity index (χ2n) is 7.16. The number of anilines is 1. The third-order valence-corrected chi connectivity index (χ3v) is 6.21. The van der Waals surface area contributed by atoms with E-state index in [1.807, 2.05) is 0 Å². The van der Waals surface area contributed by atoms with Gasteiger partial charge in [-0.15, -0.1) is 0 Å². The van der Waals surface area contributed by atoms with E-state index in [4.69, 9.17) is 9.47 Å². The average molecular weight is 490 g/mol. The van der Waals surface area contributed by atoms with Crippen molar-refractivity contribution < 1.29 is 36.2 Å². The van der Waals surface area contributed by atoms with Crippen LogP contribution in [0.5, 0.6) is 17.2 Å². The van der Waals surface area contributed by atoms with Crippen LogP contribution in [0.25, 0.3) is 0 Å². The number of carbonyl (C=O) groups excluding carboxylic acids is 1. The highest BCUT2D eigenvalue weighted by Crippen LogP contribution is 2.32. The first kappa shape index (κ1) is 23.3. The molecule has 1 amide bonds. The maximum atomic E-state index is 12.8. The van der Waals surface area contributed by atoms with Gasteiger partial charge in [-0.1, -0.05) is 24.3 Å². The maximum Gasteiger partial charge on any atom is 0.387 e. The minimum Gasteiger partial charge on any atom is -0.486 e. The minimum absolute atomic E-state index is 0.0257. The van der Waals surface area contributed by atoms with E-state index in [1.165, 1.54) is 48.5 Å². The largest absolute Gasteiger partial charge is 0.486 e. The van der Waals surface area contributed by atoms with Crippen LogP contribution in [-0.4, -0.2) is 34.2 Å². The van der Waals surface area contributed by atoms with Gasteiger partial charge in [0.25, 0.3) is 15.9 Å². The van der Waals surface area contributed by atoms with Gasteiger partial charge in [0.15, 0.2) is 11.5 Å². The standard InChI is InChI=1S/C23H20F2N2O6S/c24-23(25)33-19-7-2-1-4-16(19)14-26-22(28)15-5-3-6-17(12-15)27-34(29,30)18-8-9-20-21(13-18)32-11-10-31-20/h1-9,12-13,23,27H,10-11,14H2,(H,26,28). The van der Waals surface area contributed by atoms with Crippen molar-refractivity contribution in [3.8, 4) is 17.2 Å². The molecule has 0 aliphatic carbocycles. The average Bonchev–Trinajstić information content (AvgIpc) is 2.82. The molecule has 0 radical (unpaired) electrons. The fourth-order valence-corrected chi connectivity index (χ4v) is 4.33. The van der Waals surface area contributed by atoms with Crippen LogP contribution < -0.4 is 24.2 Å². The third kappa shape index (κ3) is 5.54. The molecule has 3 aromatic carbocycles. The van der Waals surface area contributed by atoms with Crippen LogP contribution in [0.2, 0.25) is 0 Å². The van der Waals surface area contributed by atoms with Crippen LogP contribution >= 0.6 is 0 Å². The van der Waals surface area contributed by atoms with Gasteiger partial charge in [-0.3, -0.25) is 9.52 Å². The molecule has 0 saturated heterocycles. The zero-order valence-corrected chi connectivity index (χ0v) is 18.5. The van der Waals surface area contributed by atoms with Gasteiger partial charge >= 0.3 is 6.61 Å². The highest BCUT2D eigenvalue weighted by atomic mass is 32.2. The number of benzene rings is 3. The summed E-state index contributed by atoms with van der Waals surface area (Å²) in [6.07, 6.45) is 0. The van der Waals surface area contributed by atoms with Crippen molar-refractivity contribution in [2.75, 3.05) is 17.9 Å². The van der Waals surface area contributed by atoms with Gasteiger partial charge in [0.05, 0.1) is 4.90 Å². The van der Waals surface area contributed by atoms with E-state index in [1.54, 1.807) is 18.2 Å². The Bertz CT molecular complexity index is 1300. The highest BCUT2D eigenvalue weighted by molar-refractivity contribution is 7.92. The summed E-state index contributed by atoms with van der Waals surface area (Å²) in [5.74, 6) is 0.230. The Morgan fingerprint density at radius 3 is 2.53 bits per heavy atom. The van der Waals surface area contributed by atoms with Crippen molar-refractivity contribution in [1.82, 2.24) is 5.32 Å². The number of sulfonamides is 1. The summed E-state index contributed by atoms with van der Waals surface area (Å²) in [6, 6.07) is 16.3. The van der Waals surface area contributed by atoms with Crippen LogP contribution in [0.3, 0.4) is 0 Å². The number of rotatable bonds is 8. The van der Waals surface area contributed by atoms with Gasteiger partial charge in [-0.2, -0.15) is 8.78 Å². The maximum absolute atomic E-state index is 12.8. The number of hydrogen-bond donors (Lipinski definition) is 2. The van der Waals surface area contributed by atoms with E-state index < -0.39 is 22.5 Å². The van der Waals surface area contributed by atoms with E-state index in [0.29, 0.717) is 30.3 Å². The molecule has 1 heterocycles. The molecule has 178 valence electrons. The Kier molecular flexibility index (Phi) is 6.82. The summed E-state index contributed by atoms with van der Waals surface area (Å²) < 4.78 is 68.5. The number of halogens is 2. The zero-order chi connectivity index (χ0) is 24.1.